The zero-order chi connectivity index (χ0) is 18.1. The van der Waals surface area contributed by atoms with E-state index in [4.69, 9.17) is 14.2 Å². The maximum absolute atomic E-state index is 5.95. The minimum Gasteiger partial charge on any atom is -0.497 e. The van der Waals surface area contributed by atoms with E-state index in [-0.39, 0.29) is 30.1 Å². The van der Waals surface area contributed by atoms with Gasteiger partial charge in [-0.25, -0.2) is 0 Å². The van der Waals surface area contributed by atoms with Gasteiger partial charge in [-0.1, -0.05) is 6.07 Å². The van der Waals surface area contributed by atoms with Gasteiger partial charge in [0.25, 0.3) is 0 Å². The zero-order valence-corrected chi connectivity index (χ0v) is 18.6. The Morgan fingerprint density at radius 3 is 2.62 bits per heavy atom. The first-order chi connectivity index (χ1) is 12.2. The summed E-state index contributed by atoms with van der Waals surface area (Å²) in [5.41, 5.74) is 0. The third-order valence-corrected chi connectivity index (χ3v) is 4.28. The lowest BCUT2D eigenvalue weighted by molar-refractivity contribution is 0.0263. The fraction of sp³-hybridized carbons (Fsp3) is 0.632. The second kappa shape index (κ2) is 12.2. The van der Waals surface area contributed by atoms with Crippen molar-refractivity contribution in [2.75, 3.05) is 40.4 Å². The lowest BCUT2D eigenvalue weighted by Crippen LogP contribution is -2.48. The highest BCUT2D eigenvalue weighted by molar-refractivity contribution is 14.0. The second-order valence-corrected chi connectivity index (χ2v) is 6.18. The first kappa shape index (κ1) is 22.8. The Bertz CT molecular complexity index is 549. The summed E-state index contributed by atoms with van der Waals surface area (Å²) in [5.74, 6) is 2.53. The number of guanidine groups is 1. The molecule has 0 aromatic heterocycles. The van der Waals surface area contributed by atoms with Crippen LogP contribution in [-0.2, 0) is 4.74 Å². The van der Waals surface area contributed by atoms with Gasteiger partial charge in [-0.05, 0) is 38.8 Å². The number of ether oxygens (including phenoxy) is 3. The van der Waals surface area contributed by atoms with Crippen molar-refractivity contribution in [1.82, 2.24) is 10.2 Å². The molecular formula is C19H32IN3O3. The molecule has 2 rings (SSSR count). The summed E-state index contributed by atoms with van der Waals surface area (Å²) in [7, 11) is 3.48. The molecule has 1 fully saturated rings. The highest BCUT2D eigenvalue weighted by Gasteiger charge is 2.21. The van der Waals surface area contributed by atoms with Crippen LogP contribution >= 0.6 is 24.0 Å². The van der Waals surface area contributed by atoms with Crippen molar-refractivity contribution >= 4 is 29.9 Å². The number of likely N-dealkylation sites (tertiary alicyclic amines) is 1. The van der Waals surface area contributed by atoms with Crippen molar-refractivity contribution in [3.8, 4) is 11.5 Å². The monoisotopic (exact) mass is 477 g/mol. The van der Waals surface area contributed by atoms with E-state index < -0.39 is 0 Å². The predicted octanol–water partition coefficient (Wildman–Crippen LogP) is 3.16. The molecule has 1 aliphatic rings. The van der Waals surface area contributed by atoms with Gasteiger partial charge in [0.15, 0.2) is 5.96 Å². The lowest BCUT2D eigenvalue weighted by Gasteiger charge is -2.34. The van der Waals surface area contributed by atoms with Gasteiger partial charge in [0.05, 0.1) is 19.8 Å². The molecule has 7 heteroatoms. The van der Waals surface area contributed by atoms with E-state index >= 15 is 0 Å². The van der Waals surface area contributed by atoms with Crippen LogP contribution in [-0.4, -0.2) is 63.5 Å². The van der Waals surface area contributed by atoms with E-state index in [0.717, 1.165) is 50.0 Å². The maximum Gasteiger partial charge on any atom is 0.193 e. The molecule has 0 spiro atoms. The number of methoxy groups -OCH3 is 1. The number of rotatable bonds is 7. The molecule has 0 bridgehead atoms. The molecule has 0 amide bonds. The van der Waals surface area contributed by atoms with Crippen LogP contribution in [0.1, 0.15) is 26.7 Å². The summed E-state index contributed by atoms with van der Waals surface area (Å²) < 4.78 is 16.9. The summed E-state index contributed by atoms with van der Waals surface area (Å²) in [5, 5.41) is 3.41. The van der Waals surface area contributed by atoms with Gasteiger partial charge in [-0.3, -0.25) is 4.99 Å². The smallest absolute Gasteiger partial charge is 0.193 e. The van der Waals surface area contributed by atoms with Gasteiger partial charge in [0.2, 0.25) is 0 Å². The summed E-state index contributed by atoms with van der Waals surface area (Å²) in [6.07, 6.45) is 2.49. The molecule has 1 atom stereocenters. The second-order valence-electron chi connectivity index (χ2n) is 6.18. The Balaban J connectivity index is 0.00000338. The van der Waals surface area contributed by atoms with E-state index in [1.165, 1.54) is 0 Å². The SMILES string of the molecule is CCOC1CCN(C(=NC)NCC(C)Oc2cccc(OC)c2)CC1.I. The number of nitrogens with one attached hydrogen (secondary N) is 1. The first-order valence-electron chi connectivity index (χ1n) is 9.04. The maximum atomic E-state index is 5.95. The Kier molecular flexibility index (Phi) is 10.7. The normalized spacial score (nSPS) is 16.6. The summed E-state index contributed by atoms with van der Waals surface area (Å²) >= 11 is 0. The zero-order valence-electron chi connectivity index (χ0n) is 16.2. The van der Waals surface area contributed by atoms with E-state index in [9.17, 15) is 0 Å². The molecule has 1 saturated heterocycles. The molecule has 148 valence electrons. The van der Waals surface area contributed by atoms with E-state index in [1.807, 2.05) is 38.2 Å². The Morgan fingerprint density at radius 1 is 1.31 bits per heavy atom. The minimum absolute atomic E-state index is 0. The third kappa shape index (κ3) is 7.19. The molecule has 1 heterocycles. The summed E-state index contributed by atoms with van der Waals surface area (Å²) in [6, 6.07) is 7.66. The van der Waals surface area contributed by atoms with Gasteiger partial charge >= 0.3 is 0 Å². The average Bonchev–Trinajstić information content (AvgIpc) is 2.64. The molecule has 6 nitrogen and oxygen atoms in total. The number of hydrogen-bond donors (Lipinski definition) is 1. The molecular weight excluding hydrogens is 445 g/mol. The number of nitrogens with zero attached hydrogens (tertiary/aromatic N) is 2. The topological polar surface area (TPSA) is 55.3 Å². The van der Waals surface area contributed by atoms with Crippen molar-refractivity contribution in [3.63, 3.8) is 0 Å². The van der Waals surface area contributed by atoms with Crippen LogP contribution in [0.25, 0.3) is 0 Å². The highest BCUT2D eigenvalue weighted by Crippen LogP contribution is 2.20. The highest BCUT2D eigenvalue weighted by atomic mass is 127. The van der Waals surface area contributed by atoms with Crippen LogP contribution in [0.4, 0.5) is 0 Å². The van der Waals surface area contributed by atoms with E-state index in [0.29, 0.717) is 12.6 Å². The largest absolute Gasteiger partial charge is 0.497 e. The molecule has 1 N–H and O–H groups in total. The number of benzene rings is 1. The summed E-state index contributed by atoms with van der Waals surface area (Å²) in [6.45, 7) is 7.51. The number of piperidine rings is 1. The fourth-order valence-corrected chi connectivity index (χ4v) is 2.99. The van der Waals surface area contributed by atoms with Gasteiger partial charge in [0.1, 0.15) is 17.6 Å². The Labute approximate surface area is 174 Å². The van der Waals surface area contributed by atoms with Gasteiger partial charge in [-0.2, -0.15) is 0 Å². The van der Waals surface area contributed by atoms with Crippen molar-refractivity contribution < 1.29 is 14.2 Å². The standard InChI is InChI=1S/C19H31N3O3.HI/c1-5-24-16-9-11-22(12-10-16)19(20-3)21-14-15(2)25-18-8-6-7-17(13-18)23-4;/h6-8,13,15-16H,5,9-12,14H2,1-4H3,(H,20,21);1H. The van der Waals surface area contributed by atoms with Gasteiger partial charge in [-0.15, -0.1) is 24.0 Å². The van der Waals surface area contributed by atoms with Crippen molar-refractivity contribution in [2.24, 2.45) is 4.99 Å². The third-order valence-electron chi connectivity index (χ3n) is 4.28. The quantitative estimate of drug-likeness (QED) is 0.372. The van der Waals surface area contributed by atoms with Crippen LogP contribution in [0.3, 0.4) is 0 Å². The molecule has 1 aromatic carbocycles. The molecule has 26 heavy (non-hydrogen) atoms. The van der Waals surface area contributed by atoms with Crippen LogP contribution in [0, 0.1) is 0 Å². The van der Waals surface area contributed by atoms with Crippen LogP contribution < -0.4 is 14.8 Å². The lowest BCUT2D eigenvalue weighted by atomic mass is 10.1. The van der Waals surface area contributed by atoms with Crippen molar-refractivity contribution in [1.29, 1.82) is 0 Å². The van der Waals surface area contributed by atoms with E-state index in [2.05, 4.69) is 22.1 Å². The van der Waals surface area contributed by atoms with Crippen LogP contribution in [0.5, 0.6) is 11.5 Å². The average molecular weight is 477 g/mol. The van der Waals surface area contributed by atoms with Crippen molar-refractivity contribution in [3.05, 3.63) is 24.3 Å². The summed E-state index contributed by atoms with van der Waals surface area (Å²) in [4.78, 5) is 6.69. The number of hydrogen-bond acceptors (Lipinski definition) is 4. The minimum atomic E-state index is 0. The number of aliphatic imine (C=N–C) groups is 1. The van der Waals surface area contributed by atoms with E-state index in [1.54, 1.807) is 7.11 Å². The first-order valence-corrected chi connectivity index (χ1v) is 9.04. The fourth-order valence-electron chi connectivity index (χ4n) is 2.99. The molecule has 0 saturated carbocycles. The van der Waals surface area contributed by atoms with Crippen LogP contribution in [0.15, 0.2) is 29.3 Å². The molecule has 1 aromatic rings. The Hall–Kier alpha value is -1.22. The van der Waals surface area contributed by atoms with Crippen molar-refractivity contribution in [2.45, 2.75) is 38.9 Å². The molecule has 0 radical (unpaired) electrons. The Morgan fingerprint density at radius 2 is 2.00 bits per heavy atom. The van der Waals surface area contributed by atoms with Crippen LogP contribution in [0.2, 0.25) is 0 Å². The van der Waals surface area contributed by atoms with Gasteiger partial charge in [0, 0.05) is 32.8 Å². The van der Waals surface area contributed by atoms with Gasteiger partial charge < -0.3 is 24.4 Å². The predicted molar refractivity (Wildman–Crippen MR) is 116 cm³/mol. The number of halogens is 1. The molecule has 0 aliphatic carbocycles. The molecule has 1 aliphatic heterocycles. The molecule has 1 unspecified atom stereocenters.